The van der Waals surface area contributed by atoms with Gasteiger partial charge in [-0.15, -0.1) is 0 Å². The first-order valence-corrected chi connectivity index (χ1v) is 6.03. The summed E-state index contributed by atoms with van der Waals surface area (Å²) in [5.41, 5.74) is 0.0751. The monoisotopic (exact) mass is 270 g/mol. The summed E-state index contributed by atoms with van der Waals surface area (Å²) in [5, 5.41) is 0.0634. The number of carbonyl (C=O) groups is 1. The first-order valence-electron chi connectivity index (χ1n) is 3.73. The molecule has 0 N–H and O–H groups in total. The molecule has 0 saturated heterocycles. The van der Waals surface area contributed by atoms with Gasteiger partial charge in [-0.2, -0.15) is 0 Å². The fourth-order valence-electron chi connectivity index (χ4n) is 0.500. The molecule has 0 heterocycles. The number of esters is 1. The molecule has 0 aliphatic rings. The van der Waals surface area contributed by atoms with E-state index in [1.165, 1.54) is 11.8 Å². The van der Waals surface area contributed by atoms with Gasteiger partial charge >= 0.3 is 102 Å². The Morgan fingerprint density at radius 2 is 2.29 bits per heavy atom. The van der Waals surface area contributed by atoms with Crippen LogP contribution >= 0.6 is 23.4 Å². The molecule has 0 radical (unpaired) electrons. The minimum absolute atomic E-state index is 0.0634. The number of halogens is 1. The fourth-order valence-corrected chi connectivity index (χ4v) is 1.14. The van der Waals surface area contributed by atoms with Crippen molar-refractivity contribution >= 4 is 38.2 Å². The van der Waals surface area contributed by atoms with Crippen molar-refractivity contribution in [2.45, 2.75) is 6.92 Å². The van der Waals surface area contributed by atoms with Gasteiger partial charge in [-0.3, -0.25) is 0 Å². The van der Waals surface area contributed by atoms with Crippen LogP contribution in [0.3, 0.4) is 0 Å². The first-order chi connectivity index (χ1) is 6.52. The summed E-state index contributed by atoms with van der Waals surface area (Å²) in [6.45, 7) is 5.50. The van der Waals surface area contributed by atoms with E-state index in [1.807, 2.05) is 6.26 Å². The Hall–Kier alpha value is -0.0256. The number of nitrogens with zero attached hydrogens (tertiary/aromatic N) is 1. The van der Waals surface area contributed by atoms with E-state index in [9.17, 15) is 4.79 Å². The van der Waals surface area contributed by atoms with Crippen LogP contribution in [0.15, 0.2) is 17.1 Å². The van der Waals surface area contributed by atoms with Gasteiger partial charge in [0.15, 0.2) is 0 Å². The van der Waals surface area contributed by atoms with Gasteiger partial charge in [-0.05, 0) is 0 Å². The average Bonchev–Trinajstić information content (AvgIpc) is 2.16. The van der Waals surface area contributed by atoms with E-state index in [0.717, 1.165) is 0 Å². The summed E-state index contributed by atoms with van der Waals surface area (Å²) in [4.78, 5) is 15.1. The van der Waals surface area contributed by atoms with E-state index in [-0.39, 0.29) is 10.7 Å². The average molecular weight is 271 g/mol. The molecule has 77 valence electrons. The number of carbonyl (C=O) groups excluding carboxylic acids is 1. The number of aliphatic imine (C=N–C) groups is 1. The summed E-state index contributed by atoms with van der Waals surface area (Å²) in [6, 6.07) is 0. The van der Waals surface area contributed by atoms with Crippen molar-refractivity contribution in [3.63, 3.8) is 0 Å². The van der Waals surface area contributed by atoms with Gasteiger partial charge in [0.1, 0.15) is 0 Å². The Bertz CT molecular complexity index is 291. The zero-order valence-corrected chi connectivity index (χ0v) is 10.9. The molecular formula is C8H10ClNO2SV. The Labute approximate surface area is 101 Å². The molecule has 0 aliphatic heterocycles. The molecule has 14 heavy (non-hydrogen) atoms. The van der Waals surface area contributed by atoms with Gasteiger partial charge in [0.05, 0.1) is 0 Å². The van der Waals surface area contributed by atoms with Gasteiger partial charge in [0.25, 0.3) is 0 Å². The van der Waals surface area contributed by atoms with Crippen molar-refractivity contribution in [3.8, 4) is 0 Å². The van der Waals surface area contributed by atoms with Crippen LogP contribution in [-0.4, -0.2) is 27.7 Å². The fraction of sp³-hybridized carbons (Fsp3) is 0.375. The van der Waals surface area contributed by atoms with E-state index < -0.39 is 5.97 Å². The second-order valence-electron chi connectivity index (χ2n) is 2.09. The number of rotatable bonds is 5. The number of hydrogen-bond donors (Lipinski definition) is 0. The molecule has 3 nitrogen and oxygen atoms in total. The second-order valence-corrected chi connectivity index (χ2v) is 4.39. The van der Waals surface area contributed by atoms with Crippen molar-refractivity contribution in [1.82, 2.24) is 0 Å². The predicted octanol–water partition coefficient (Wildman–Crippen LogP) is 1.74. The molecule has 0 spiro atoms. The Balaban J connectivity index is 4.46. The maximum absolute atomic E-state index is 11.1. The Morgan fingerprint density at radius 1 is 1.71 bits per heavy atom. The van der Waals surface area contributed by atoms with Crippen LogP contribution in [0.1, 0.15) is 6.92 Å². The topological polar surface area (TPSA) is 38.7 Å². The molecule has 0 atom stereocenters. The molecule has 0 rings (SSSR count). The van der Waals surface area contributed by atoms with Gasteiger partial charge in [-0.25, -0.2) is 0 Å². The molecular weight excluding hydrogens is 261 g/mol. The Morgan fingerprint density at radius 3 is 2.71 bits per heavy atom. The van der Waals surface area contributed by atoms with Crippen LogP contribution in [0.5, 0.6) is 0 Å². The van der Waals surface area contributed by atoms with E-state index in [0.29, 0.717) is 10.3 Å². The normalized spacial score (nSPS) is 10.9. The Kier molecular flexibility index (Phi) is 7.28. The molecule has 0 aromatic carbocycles. The maximum atomic E-state index is 11.1. The van der Waals surface area contributed by atoms with Crippen LogP contribution in [-0.2, 0) is 26.5 Å². The minimum atomic E-state index is -0.539. The van der Waals surface area contributed by atoms with Crippen LogP contribution in [0.25, 0.3) is 0 Å². The van der Waals surface area contributed by atoms with Crippen molar-refractivity contribution in [2.24, 2.45) is 4.99 Å². The first kappa shape index (κ1) is 14.0. The SMILES string of the molecule is C=C(C(=O)OCC)/C(Cl)=N\[C](=[V])SC. The van der Waals surface area contributed by atoms with Crippen LogP contribution in [0.4, 0.5) is 0 Å². The summed E-state index contributed by atoms with van der Waals surface area (Å²) < 4.78 is 5.42. The molecule has 0 saturated carbocycles. The third kappa shape index (κ3) is 5.01. The molecule has 0 aliphatic carbocycles. The van der Waals surface area contributed by atoms with Crippen molar-refractivity contribution < 1.29 is 26.5 Å². The summed E-state index contributed by atoms with van der Waals surface area (Å²) in [6.07, 6.45) is 1.86. The van der Waals surface area contributed by atoms with Crippen molar-refractivity contribution in [2.75, 3.05) is 12.9 Å². The van der Waals surface area contributed by atoms with Crippen LogP contribution in [0, 0.1) is 0 Å². The number of ether oxygens (including phenoxy) is 1. The molecule has 0 unspecified atom stereocenters. The van der Waals surface area contributed by atoms with Crippen LogP contribution < -0.4 is 0 Å². The molecule has 0 aromatic heterocycles. The van der Waals surface area contributed by atoms with E-state index in [2.05, 4.69) is 28.6 Å². The van der Waals surface area contributed by atoms with Crippen molar-refractivity contribution in [3.05, 3.63) is 12.2 Å². The summed E-state index contributed by atoms with van der Waals surface area (Å²) >= 11 is 9.41. The third-order valence-electron chi connectivity index (χ3n) is 1.15. The summed E-state index contributed by atoms with van der Waals surface area (Å²) in [7, 11) is 0. The van der Waals surface area contributed by atoms with E-state index in [1.54, 1.807) is 6.92 Å². The zero-order chi connectivity index (χ0) is 11.1. The molecule has 0 amide bonds. The quantitative estimate of drug-likeness (QED) is 0.434. The van der Waals surface area contributed by atoms with Crippen LogP contribution in [0.2, 0.25) is 0 Å². The predicted molar refractivity (Wildman–Crippen MR) is 57.6 cm³/mol. The van der Waals surface area contributed by atoms with Gasteiger partial charge < -0.3 is 0 Å². The van der Waals surface area contributed by atoms with Gasteiger partial charge in [0, 0.05) is 0 Å². The number of thioether (sulfide) groups is 1. The summed E-state index contributed by atoms with van der Waals surface area (Å²) in [5.74, 6) is -0.539. The van der Waals surface area contributed by atoms with Gasteiger partial charge in [0.2, 0.25) is 0 Å². The molecule has 0 bridgehead atoms. The third-order valence-corrected chi connectivity index (χ3v) is 2.93. The van der Waals surface area contributed by atoms with E-state index in [4.69, 9.17) is 16.3 Å². The standard InChI is InChI=1S/C8H10ClNO2S.V/c1-4-12-8(11)6(2)7(9)10-5-13-3;/h2,4H2,1,3H3;. The van der Waals surface area contributed by atoms with Crippen molar-refractivity contribution in [1.29, 1.82) is 0 Å². The van der Waals surface area contributed by atoms with Gasteiger partial charge in [-0.1, -0.05) is 0 Å². The van der Waals surface area contributed by atoms with E-state index >= 15 is 0 Å². The molecule has 0 fully saturated rings. The number of hydrogen-bond acceptors (Lipinski definition) is 4. The zero-order valence-electron chi connectivity index (χ0n) is 7.91. The second kappa shape index (κ2) is 7.29. The molecule has 6 heteroatoms. The molecule has 0 aromatic rings.